The normalized spacial score (nSPS) is 16.8. The van der Waals surface area contributed by atoms with Crippen LogP contribution < -0.4 is 18.9 Å². The standard InChI is InChI=1S/C9H6F2O4.C8H6F2O3/c1-13-8(12)5-2-3-6-7(4-5)15-9(10,11)14-6;9-8(10)12-6-2-1-5(4-11)3-7(6)13-8/h2-4H,1H3;1-3,11H,4H2. The van der Waals surface area contributed by atoms with Crippen LogP contribution in [0.4, 0.5) is 17.6 Å². The Hall–Kier alpha value is -3.21. The molecule has 0 aromatic heterocycles. The summed E-state index contributed by atoms with van der Waals surface area (Å²) in [5.74, 6) is -0.967. The van der Waals surface area contributed by atoms with Crippen LogP contribution in [0.15, 0.2) is 36.4 Å². The van der Waals surface area contributed by atoms with Crippen LogP contribution in [0, 0.1) is 0 Å². The number of aliphatic hydroxyl groups excluding tert-OH is 1. The summed E-state index contributed by atoms with van der Waals surface area (Å²) in [6, 6.07) is 7.82. The third-order valence-electron chi connectivity index (χ3n) is 3.47. The highest BCUT2D eigenvalue weighted by atomic mass is 19.3. The molecule has 0 fully saturated rings. The summed E-state index contributed by atoms with van der Waals surface area (Å²) in [6.07, 6.45) is -7.26. The van der Waals surface area contributed by atoms with E-state index in [1.165, 1.54) is 37.4 Å². The van der Waals surface area contributed by atoms with E-state index in [1.54, 1.807) is 0 Å². The second kappa shape index (κ2) is 7.08. The Morgan fingerprint density at radius 2 is 1.39 bits per heavy atom. The second-order valence-electron chi connectivity index (χ2n) is 5.43. The number of esters is 1. The average Bonchev–Trinajstić information content (AvgIpc) is 3.12. The van der Waals surface area contributed by atoms with Crippen LogP contribution in [0.2, 0.25) is 0 Å². The van der Waals surface area contributed by atoms with Crippen molar-refractivity contribution in [3.05, 3.63) is 47.5 Å². The fourth-order valence-corrected chi connectivity index (χ4v) is 2.29. The highest BCUT2D eigenvalue weighted by Gasteiger charge is 2.44. The van der Waals surface area contributed by atoms with Crippen LogP contribution in [-0.4, -0.2) is 30.8 Å². The molecule has 11 heteroatoms. The molecule has 0 bridgehead atoms. The highest BCUT2D eigenvalue weighted by Crippen LogP contribution is 2.42. The van der Waals surface area contributed by atoms with Crippen molar-refractivity contribution in [3.8, 4) is 23.0 Å². The minimum Gasteiger partial charge on any atom is -0.465 e. The van der Waals surface area contributed by atoms with E-state index < -0.39 is 18.6 Å². The van der Waals surface area contributed by atoms with Crippen LogP contribution in [0.1, 0.15) is 15.9 Å². The number of rotatable bonds is 2. The molecule has 2 aromatic carbocycles. The van der Waals surface area contributed by atoms with E-state index in [0.717, 1.165) is 6.07 Å². The van der Waals surface area contributed by atoms with Crippen molar-refractivity contribution in [2.24, 2.45) is 0 Å². The number of carbonyl (C=O) groups is 1. The zero-order chi connectivity index (χ0) is 20.5. The molecule has 0 saturated heterocycles. The monoisotopic (exact) mass is 404 g/mol. The first-order chi connectivity index (χ1) is 13.1. The molecular weight excluding hydrogens is 392 g/mol. The lowest BCUT2D eigenvalue weighted by atomic mass is 10.2. The summed E-state index contributed by atoms with van der Waals surface area (Å²) in [7, 11) is 1.20. The number of methoxy groups -OCH3 is 1. The minimum absolute atomic E-state index is 0.0119. The molecule has 0 atom stereocenters. The van der Waals surface area contributed by atoms with Gasteiger partial charge in [-0.15, -0.1) is 17.6 Å². The van der Waals surface area contributed by atoms with E-state index in [0.29, 0.717) is 5.56 Å². The molecule has 0 saturated carbocycles. The number of fused-ring (bicyclic) bond motifs is 2. The van der Waals surface area contributed by atoms with Gasteiger partial charge in [0.25, 0.3) is 0 Å². The van der Waals surface area contributed by atoms with Gasteiger partial charge in [0, 0.05) is 0 Å². The quantitative estimate of drug-likeness (QED) is 0.608. The van der Waals surface area contributed by atoms with Crippen LogP contribution in [-0.2, 0) is 11.3 Å². The Bertz CT molecular complexity index is 901. The number of aliphatic hydroxyl groups is 1. The first-order valence-corrected chi connectivity index (χ1v) is 7.60. The molecule has 0 amide bonds. The smallest absolute Gasteiger partial charge is 0.465 e. The molecule has 2 aliphatic heterocycles. The van der Waals surface area contributed by atoms with Crippen LogP contribution in [0.3, 0.4) is 0 Å². The summed E-state index contributed by atoms with van der Waals surface area (Å²) < 4.78 is 71.2. The van der Waals surface area contributed by atoms with Gasteiger partial charge in [0.15, 0.2) is 23.0 Å². The number of carbonyl (C=O) groups excluding carboxylic acids is 1. The third-order valence-corrected chi connectivity index (χ3v) is 3.47. The van der Waals surface area contributed by atoms with Gasteiger partial charge in [0.05, 0.1) is 19.3 Å². The second-order valence-corrected chi connectivity index (χ2v) is 5.43. The van der Waals surface area contributed by atoms with Crippen LogP contribution in [0.5, 0.6) is 23.0 Å². The van der Waals surface area contributed by atoms with E-state index in [-0.39, 0.29) is 35.2 Å². The topological polar surface area (TPSA) is 83.5 Å². The molecule has 0 unspecified atom stereocenters. The molecule has 4 rings (SSSR count). The fourth-order valence-electron chi connectivity index (χ4n) is 2.29. The number of hydrogen-bond acceptors (Lipinski definition) is 7. The summed E-state index contributed by atoms with van der Waals surface area (Å²) in [5, 5.41) is 8.72. The Morgan fingerprint density at radius 3 is 1.93 bits per heavy atom. The van der Waals surface area contributed by atoms with E-state index in [4.69, 9.17) is 5.11 Å². The molecule has 28 heavy (non-hydrogen) atoms. The van der Waals surface area contributed by atoms with E-state index in [9.17, 15) is 22.4 Å². The van der Waals surface area contributed by atoms with Gasteiger partial charge in [-0.05, 0) is 35.9 Å². The van der Waals surface area contributed by atoms with Gasteiger partial charge in [-0.1, -0.05) is 6.07 Å². The Balaban J connectivity index is 0.000000162. The molecule has 7 nitrogen and oxygen atoms in total. The van der Waals surface area contributed by atoms with Crippen molar-refractivity contribution < 1.29 is 51.1 Å². The van der Waals surface area contributed by atoms with Gasteiger partial charge < -0.3 is 28.8 Å². The first-order valence-electron chi connectivity index (χ1n) is 7.60. The lowest BCUT2D eigenvalue weighted by Crippen LogP contribution is -2.25. The van der Waals surface area contributed by atoms with Crippen molar-refractivity contribution in [3.63, 3.8) is 0 Å². The first kappa shape index (κ1) is 19.5. The van der Waals surface area contributed by atoms with E-state index in [1.807, 2.05) is 0 Å². The maximum Gasteiger partial charge on any atom is 0.586 e. The van der Waals surface area contributed by atoms with Gasteiger partial charge in [-0.25, -0.2) is 4.79 Å². The number of alkyl halides is 4. The summed E-state index contributed by atoms with van der Waals surface area (Å²) >= 11 is 0. The number of hydrogen-bond donors (Lipinski definition) is 1. The van der Waals surface area contributed by atoms with E-state index >= 15 is 0 Å². The largest absolute Gasteiger partial charge is 0.586 e. The Labute approximate surface area is 154 Å². The molecule has 2 aliphatic rings. The molecule has 0 spiro atoms. The lowest BCUT2D eigenvalue weighted by molar-refractivity contribution is -0.287. The van der Waals surface area contributed by atoms with Gasteiger partial charge in [-0.3, -0.25) is 0 Å². The molecule has 150 valence electrons. The Kier molecular flexibility index (Phi) is 4.94. The van der Waals surface area contributed by atoms with Crippen molar-refractivity contribution >= 4 is 5.97 Å². The average molecular weight is 404 g/mol. The van der Waals surface area contributed by atoms with Gasteiger partial charge >= 0.3 is 18.6 Å². The molecule has 0 radical (unpaired) electrons. The molecule has 0 aliphatic carbocycles. The van der Waals surface area contributed by atoms with Crippen molar-refractivity contribution in [2.75, 3.05) is 7.11 Å². The van der Waals surface area contributed by atoms with Gasteiger partial charge in [0.1, 0.15) is 0 Å². The number of benzene rings is 2. The highest BCUT2D eigenvalue weighted by molar-refractivity contribution is 5.90. The Morgan fingerprint density at radius 1 is 0.893 bits per heavy atom. The summed E-state index contributed by atoms with van der Waals surface area (Å²) in [6.45, 7) is -0.220. The SMILES string of the molecule is COC(=O)c1ccc2c(c1)OC(F)(F)O2.OCc1ccc2c(c1)OC(F)(F)O2. The van der Waals surface area contributed by atoms with Gasteiger partial charge in [0.2, 0.25) is 0 Å². The lowest BCUT2D eigenvalue weighted by Gasteiger charge is -2.04. The molecule has 2 aromatic rings. The predicted octanol–water partition coefficient (Wildman–Crippen LogP) is 3.30. The maximum absolute atomic E-state index is 12.6. The zero-order valence-corrected chi connectivity index (χ0v) is 14.1. The number of halogens is 4. The predicted molar refractivity (Wildman–Crippen MR) is 82.6 cm³/mol. The van der Waals surface area contributed by atoms with Crippen molar-refractivity contribution in [1.29, 1.82) is 0 Å². The van der Waals surface area contributed by atoms with Crippen molar-refractivity contribution in [1.82, 2.24) is 0 Å². The van der Waals surface area contributed by atoms with Crippen molar-refractivity contribution in [2.45, 2.75) is 19.2 Å². The fraction of sp³-hybridized carbons (Fsp3) is 0.235. The number of ether oxygens (including phenoxy) is 5. The van der Waals surface area contributed by atoms with Crippen LogP contribution in [0.25, 0.3) is 0 Å². The summed E-state index contributed by atoms with van der Waals surface area (Å²) in [5.41, 5.74) is 0.623. The minimum atomic E-state index is -3.67. The summed E-state index contributed by atoms with van der Waals surface area (Å²) in [4.78, 5) is 11.1. The zero-order valence-electron chi connectivity index (χ0n) is 14.1. The molecule has 2 heterocycles. The molecular formula is C17H12F4O7. The maximum atomic E-state index is 12.6. The van der Waals surface area contributed by atoms with Gasteiger partial charge in [-0.2, -0.15) is 0 Å². The van der Waals surface area contributed by atoms with E-state index in [2.05, 4.69) is 23.7 Å². The third kappa shape index (κ3) is 4.19. The van der Waals surface area contributed by atoms with Crippen LogP contribution >= 0.6 is 0 Å². The molecule has 1 N–H and O–H groups in total.